The number of aryl methyl sites for hydroxylation is 1. The molecule has 0 bridgehead atoms. The highest BCUT2D eigenvalue weighted by Gasteiger charge is 2.12. The molecule has 0 saturated carbocycles. The van der Waals surface area contributed by atoms with E-state index in [9.17, 15) is 9.18 Å². The number of hydrogen-bond acceptors (Lipinski definition) is 2. The molecule has 66 valence electrons. The molecule has 0 aliphatic rings. The lowest BCUT2D eigenvalue weighted by Crippen LogP contribution is -1.98. The van der Waals surface area contributed by atoms with E-state index in [2.05, 4.69) is 0 Å². The van der Waals surface area contributed by atoms with Crippen LogP contribution in [0.2, 0.25) is 5.02 Å². The van der Waals surface area contributed by atoms with Gasteiger partial charge in [-0.15, -0.1) is 0 Å². The van der Waals surface area contributed by atoms with Crippen molar-refractivity contribution >= 4 is 17.4 Å². The van der Waals surface area contributed by atoms with Gasteiger partial charge in [-0.3, -0.25) is 4.79 Å². The molecular formula is C9H5ClFNO. The Kier molecular flexibility index (Phi) is 2.64. The Hall–Kier alpha value is -1.40. The first kappa shape index (κ1) is 9.69. The zero-order valence-electron chi connectivity index (χ0n) is 6.77. The Morgan fingerprint density at radius 3 is 2.77 bits per heavy atom. The van der Waals surface area contributed by atoms with Crippen LogP contribution in [-0.2, 0) is 0 Å². The molecule has 13 heavy (non-hydrogen) atoms. The number of Topliss-reactive ketones (excluding diaryl/α,β-unsaturated/α-hetero) is 1. The third-order valence-corrected chi connectivity index (χ3v) is 1.91. The van der Waals surface area contributed by atoms with Gasteiger partial charge in [0.1, 0.15) is 11.9 Å². The van der Waals surface area contributed by atoms with Crippen molar-refractivity contribution in [1.29, 1.82) is 5.26 Å². The Labute approximate surface area is 79.5 Å². The molecule has 0 aliphatic carbocycles. The third kappa shape index (κ3) is 1.85. The number of carbonyl (C=O) groups excluding carboxylic acids is 1. The highest BCUT2D eigenvalue weighted by atomic mass is 35.5. The quantitative estimate of drug-likeness (QED) is 0.513. The van der Waals surface area contributed by atoms with Crippen LogP contribution >= 0.6 is 11.6 Å². The number of rotatable bonds is 1. The van der Waals surface area contributed by atoms with E-state index >= 15 is 0 Å². The molecule has 0 heterocycles. The van der Waals surface area contributed by atoms with Gasteiger partial charge in [-0.2, -0.15) is 5.26 Å². The SMILES string of the molecule is Cc1cc(Cl)c(C(=O)C#N)cc1F. The van der Waals surface area contributed by atoms with Gasteiger partial charge in [-0.05, 0) is 24.6 Å². The molecule has 0 radical (unpaired) electrons. The monoisotopic (exact) mass is 197 g/mol. The van der Waals surface area contributed by atoms with E-state index in [1.807, 2.05) is 0 Å². The van der Waals surface area contributed by atoms with Gasteiger partial charge in [0.15, 0.2) is 0 Å². The number of halogens is 2. The van der Waals surface area contributed by atoms with Gasteiger partial charge in [-0.1, -0.05) is 11.6 Å². The number of nitrogens with zero attached hydrogens (tertiary/aromatic N) is 1. The minimum atomic E-state index is -0.830. The van der Waals surface area contributed by atoms with Crippen molar-refractivity contribution in [3.63, 3.8) is 0 Å². The van der Waals surface area contributed by atoms with Crippen LogP contribution in [0.5, 0.6) is 0 Å². The average molecular weight is 198 g/mol. The van der Waals surface area contributed by atoms with Crippen LogP contribution in [-0.4, -0.2) is 5.78 Å². The minimum absolute atomic E-state index is 0.0905. The van der Waals surface area contributed by atoms with Crippen molar-refractivity contribution in [3.8, 4) is 6.07 Å². The fraction of sp³-hybridized carbons (Fsp3) is 0.111. The van der Waals surface area contributed by atoms with Crippen LogP contribution in [0.15, 0.2) is 12.1 Å². The van der Waals surface area contributed by atoms with Gasteiger partial charge in [-0.25, -0.2) is 4.39 Å². The van der Waals surface area contributed by atoms with Crippen molar-refractivity contribution in [2.75, 3.05) is 0 Å². The van der Waals surface area contributed by atoms with Gasteiger partial charge >= 0.3 is 0 Å². The van der Waals surface area contributed by atoms with Crippen molar-refractivity contribution in [2.45, 2.75) is 6.92 Å². The molecule has 4 heteroatoms. The Balaban J connectivity index is 3.33. The van der Waals surface area contributed by atoms with Crippen LogP contribution in [0.1, 0.15) is 15.9 Å². The van der Waals surface area contributed by atoms with Crippen LogP contribution in [0.4, 0.5) is 4.39 Å². The van der Waals surface area contributed by atoms with Gasteiger partial charge < -0.3 is 0 Å². The fourth-order valence-electron chi connectivity index (χ4n) is 0.881. The summed E-state index contributed by atoms with van der Waals surface area (Å²) in [5.74, 6) is -1.37. The molecule has 2 nitrogen and oxygen atoms in total. The first-order valence-corrected chi connectivity index (χ1v) is 3.84. The number of ketones is 1. The first-order valence-electron chi connectivity index (χ1n) is 3.46. The largest absolute Gasteiger partial charge is 0.277 e. The Morgan fingerprint density at radius 1 is 1.62 bits per heavy atom. The summed E-state index contributed by atoms with van der Waals surface area (Å²) in [4.78, 5) is 10.9. The van der Waals surface area contributed by atoms with Gasteiger partial charge in [0.25, 0.3) is 5.78 Å². The number of benzene rings is 1. The van der Waals surface area contributed by atoms with Crippen LogP contribution in [0, 0.1) is 24.1 Å². The van der Waals surface area contributed by atoms with Gasteiger partial charge in [0.05, 0.1) is 10.6 Å². The van der Waals surface area contributed by atoms with Crippen molar-refractivity contribution in [3.05, 3.63) is 34.1 Å². The van der Waals surface area contributed by atoms with Gasteiger partial charge in [0.2, 0.25) is 0 Å². The summed E-state index contributed by atoms with van der Waals surface area (Å²) < 4.78 is 12.9. The third-order valence-electron chi connectivity index (χ3n) is 1.59. The highest BCUT2D eigenvalue weighted by Crippen LogP contribution is 2.20. The van der Waals surface area contributed by atoms with E-state index in [4.69, 9.17) is 16.9 Å². The molecule has 0 saturated heterocycles. The lowest BCUT2D eigenvalue weighted by atomic mass is 10.1. The van der Waals surface area contributed by atoms with Gasteiger partial charge in [0, 0.05) is 0 Å². The predicted molar refractivity (Wildman–Crippen MR) is 46.1 cm³/mol. The Morgan fingerprint density at radius 2 is 2.23 bits per heavy atom. The molecule has 0 fully saturated rings. The van der Waals surface area contributed by atoms with Crippen molar-refractivity contribution in [1.82, 2.24) is 0 Å². The summed E-state index contributed by atoms with van der Waals surface area (Å²) >= 11 is 5.64. The second-order valence-electron chi connectivity index (χ2n) is 2.52. The summed E-state index contributed by atoms with van der Waals surface area (Å²) in [6.45, 7) is 1.53. The molecule has 0 spiro atoms. The molecule has 0 atom stereocenters. The molecule has 0 N–H and O–H groups in total. The van der Waals surface area contributed by atoms with E-state index < -0.39 is 11.6 Å². The smallest absolute Gasteiger partial charge is 0.263 e. The van der Waals surface area contributed by atoms with Crippen LogP contribution in [0.3, 0.4) is 0 Å². The van der Waals surface area contributed by atoms with E-state index in [0.29, 0.717) is 5.56 Å². The fourth-order valence-corrected chi connectivity index (χ4v) is 1.18. The zero-order chi connectivity index (χ0) is 10.0. The summed E-state index contributed by atoms with van der Waals surface area (Å²) in [5.41, 5.74) is 0.256. The summed E-state index contributed by atoms with van der Waals surface area (Å²) in [5, 5.41) is 8.39. The van der Waals surface area contributed by atoms with E-state index in [1.54, 1.807) is 0 Å². The molecule has 1 rings (SSSR count). The first-order chi connectivity index (χ1) is 6.06. The molecular weight excluding hydrogens is 193 g/mol. The molecule has 0 amide bonds. The summed E-state index contributed by atoms with van der Waals surface area (Å²) in [6.07, 6.45) is 0. The van der Waals surface area contributed by atoms with E-state index in [1.165, 1.54) is 19.1 Å². The highest BCUT2D eigenvalue weighted by molar-refractivity contribution is 6.34. The van der Waals surface area contributed by atoms with Crippen molar-refractivity contribution in [2.24, 2.45) is 0 Å². The lowest BCUT2D eigenvalue weighted by molar-refractivity contribution is 0.105. The number of nitriles is 1. The lowest BCUT2D eigenvalue weighted by Gasteiger charge is -2.00. The normalized spacial score (nSPS) is 9.38. The molecule has 1 aromatic rings. The number of hydrogen-bond donors (Lipinski definition) is 0. The topological polar surface area (TPSA) is 40.9 Å². The number of carbonyl (C=O) groups is 1. The van der Waals surface area contributed by atoms with Crippen LogP contribution in [0.25, 0.3) is 0 Å². The average Bonchev–Trinajstić information content (AvgIpc) is 2.10. The second kappa shape index (κ2) is 3.55. The van der Waals surface area contributed by atoms with E-state index in [0.717, 1.165) is 6.07 Å². The van der Waals surface area contributed by atoms with Crippen molar-refractivity contribution < 1.29 is 9.18 Å². The maximum absolute atomic E-state index is 12.9. The molecule has 0 aliphatic heterocycles. The summed E-state index contributed by atoms with van der Waals surface area (Å²) in [7, 11) is 0. The zero-order valence-corrected chi connectivity index (χ0v) is 7.52. The maximum atomic E-state index is 12.9. The standard InChI is InChI=1S/C9H5ClFNO/c1-5-2-7(10)6(3-8(5)11)9(13)4-12/h2-3H,1H3. The Bertz CT molecular complexity index is 409. The minimum Gasteiger partial charge on any atom is -0.277 e. The molecule has 0 aromatic heterocycles. The maximum Gasteiger partial charge on any atom is 0.263 e. The second-order valence-corrected chi connectivity index (χ2v) is 2.93. The van der Waals surface area contributed by atoms with E-state index in [-0.39, 0.29) is 10.6 Å². The predicted octanol–water partition coefficient (Wildman–Crippen LogP) is 2.49. The molecule has 1 aromatic carbocycles. The summed E-state index contributed by atoms with van der Waals surface area (Å²) in [6, 6.07) is 3.68. The van der Waals surface area contributed by atoms with Crippen LogP contribution < -0.4 is 0 Å². The molecule has 0 unspecified atom stereocenters.